The monoisotopic (exact) mass is 296 g/mol. The Hall–Kier alpha value is -1.95. The number of rotatable bonds is 8. The lowest BCUT2D eigenvalue weighted by molar-refractivity contribution is -0.124. The fraction of sp³-hybridized carbons (Fsp3) is 0.533. The molecular formula is C15H24N2O4. The average Bonchev–Trinajstić information content (AvgIpc) is 2.51. The standard InChI is InChI=1S/C15H24N2O4/c1-5-17-15(18)10(9-16)6-12-13(20-3)7-11(19-2)8-14(12)21-4/h7-8,10H,5-6,9,16H2,1-4H3,(H,17,18). The second-order valence-corrected chi connectivity index (χ2v) is 4.54. The maximum absolute atomic E-state index is 12.0. The highest BCUT2D eigenvalue weighted by molar-refractivity contribution is 5.79. The molecule has 0 aromatic heterocycles. The number of nitrogens with two attached hydrogens (primary N) is 1. The van der Waals surface area contributed by atoms with Crippen LogP contribution in [0.25, 0.3) is 0 Å². The van der Waals surface area contributed by atoms with E-state index in [1.165, 1.54) is 0 Å². The van der Waals surface area contributed by atoms with Crippen molar-refractivity contribution in [3.8, 4) is 17.2 Å². The predicted octanol–water partition coefficient (Wildman–Crippen LogP) is 0.966. The van der Waals surface area contributed by atoms with Gasteiger partial charge in [0.15, 0.2) is 0 Å². The quantitative estimate of drug-likeness (QED) is 0.747. The first-order chi connectivity index (χ1) is 10.1. The van der Waals surface area contributed by atoms with E-state index < -0.39 is 0 Å². The SMILES string of the molecule is CCNC(=O)C(CN)Cc1c(OC)cc(OC)cc1OC. The van der Waals surface area contributed by atoms with Gasteiger partial charge in [0.05, 0.1) is 27.2 Å². The molecule has 6 nitrogen and oxygen atoms in total. The van der Waals surface area contributed by atoms with Crippen molar-refractivity contribution in [1.82, 2.24) is 5.32 Å². The van der Waals surface area contributed by atoms with E-state index in [0.717, 1.165) is 5.56 Å². The molecule has 0 bridgehead atoms. The minimum atomic E-state index is -0.332. The molecule has 0 heterocycles. The van der Waals surface area contributed by atoms with E-state index in [0.29, 0.717) is 30.2 Å². The summed E-state index contributed by atoms with van der Waals surface area (Å²) >= 11 is 0. The fourth-order valence-electron chi connectivity index (χ4n) is 2.13. The minimum absolute atomic E-state index is 0.0695. The van der Waals surface area contributed by atoms with Gasteiger partial charge in [0, 0.05) is 30.8 Å². The van der Waals surface area contributed by atoms with Crippen molar-refractivity contribution in [3.63, 3.8) is 0 Å². The highest BCUT2D eigenvalue weighted by Crippen LogP contribution is 2.35. The van der Waals surface area contributed by atoms with Gasteiger partial charge in [-0.15, -0.1) is 0 Å². The second kappa shape index (κ2) is 8.36. The number of carbonyl (C=O) groups is 1. The number of methoxy groups -OCH3 is 3. The maximum Gasteiger partial charge on any atom is 0.224 e. The van der Waals surface area contributed by atoms with Crippen molar-refractivity contribution in [2.75, 3.05) is 34.4 Å². The summed E-state index contributed by atoms with van der Waals surface area (Å²) in [6, 6.07) is 3.53. The van der Waals surface area contributed by atoms with Crippen LogP contribution in [0.1, 0.15) is 12.5 Å². The molecular weight excluding hydrogens is 272 g/mol. The zero-order valence-electron chi connectivity index (χ0n) is 13.1. The van der Waals surface area contributed by atoms with Crippen LogP contribution in [0.2, 0.25) is 0 Å². The third-order valence-corrected chi connectivity index (χ3v) is 3.27. The molecule has 0 aliphatic rings. The highest BCUT2D eigenvalue weighted by atomic mass is 16.5. The molecule has 0 radical (unpaired) electrons. The van der Waals surface area contributed by atoms with Crippen LogP contribution in [-0.2, 0) is 11.2 Å². The largest absolute Gasteiger partial charge is 0.496 e. The van der Waals surface area contributed by atoms with Crippen molar-refractivity contribution in [1.29, 1.82) is 0 Å². The van der Waals surface area contributed by atoms with Gasteiger partial charge in [0.2, 0.25) is 5.91 Å². The predicted molar refractivity (Wildman–Crippen MR) is 81.0 cm³/mol. The molecule has 6 heteroatoms. The van der Waals surface area contributed by atoms with Crippen LogP contribution in [0.15, 0.2) is 12.1 Å². The molecule has 1 amide bonds. The summed E-state index contributed by atoms with van der Waals surface area (Å²) < 4.78 is 16.0. The van der Waals surface area contributed by atoms with E-state index in [4.69, 9.17) is 19.9 Å². The lowest BCUT2D eigenvalue weighted by atomic mass is 9.96. The number of hydrogen-bond donors (Lipinski definition) is 2. The van der Waals surface area contributed by atoms with Gasteiger partial charge in [-0.3, -0.25) is 4.79 Å². The van der Waals surface area contributed by atoms with Crippen molar-refractivity contribution >= 4 is 5.91 Å². The Morgan fingerprint density at radius 1 is 1.19 bits per heavy atom. The lowest BCUT2D eigenvalue weighted by Gasteiger charge is -2.19. The van der Waals surface area contributed by atoms with Gasteiger partial charge in [-0.25, -0.2) is 0 Å². The molecule has 1 aromatic carbocycles. The van der Waals surface area contributed by atoms with Gasteiger partial charge in [-0.05, 0) is 13.3 Å². The molecule has 0 saturated carbocycles. The summed E-state index contributed by atoms with van der Waals surface area (Å²) in [7, 11) is 4.72. The Labute approximate surface area is 125 Å². The summed E-state index contributed by atoms with van der Waals surface area (Å²) in [6.45, 7) is 2.70. The van der Waals surface area contributed by atoms with E-state index in [1.54, 1.807) is 33.5 Å². The molecule has 21 heavy (non-hydrogen) atoms. The van der Waals surface area contributed by atoms with Crippen LogP contribution >= 0.6 is 0 Å². The van der Waals surface area contributed by atoms with E-state index in [1.807, 2.05) is 6.92 Å². The Balaban J connectivity index is 3.12. The number of ether oxygens (including phenoxy) is 3. The van der Waals surface area contributed by atoms with E-state index in [9.17, 15) is 4.79 Å². The summed E-state index contributed by atoms with van der Waals surface area (Å²) in [6.07, 6.45) is 0.443. The van der Waals surface area contributed by atoms with Crippen molar-refractivity contribution in [2.24, 2.45) is 11.7 Å². The third kappa shape index (κ3) is 4.26. The molecule has 3 N–H and O–H groups in total. The van der Waals surface area contributed by atoms with Crippen molar-refractivity contribution < 1.29 is 19.0 Å². The Kier molecular flexibility index (Phi) is 6.81. The third-order valence-electron chi connectivity index (χ3n) is 3.27. The first-order valence-corrected chi connectivity index (χ1v) is 6.87. The van der Waals surface area contributed by atoms with Crippen LogP contribution in [0, 0.1) is 5.92 Å². The molecule has 1 aromatic rings. The van der Waals surface area contributed by atoms with Gasteiger partial charge in [-0.1, -0.05) is 0 Å². The van der Waals surface area contributed by atoms with E-state index in [2.05, 4.69) is 5.32 Å². The molecule has 1 unspecified atom stereocenters. The molecule has 1 atom stereocenters. The van der Waals surface area contributed by atoms with Gasteiger partial charge in [0.1, 0.15) is 17.2 Å². The highest BCUT2D eigenvalue weighted by Gasteiger charge is 2.22. The number of carbonyl (C=O) groups excluding carboxylic acids is 1. The Morgan fingerprint density at radius 2 is 1.76 bits per heavy atom. The lowest BCUT2D eigenvalue weighted by Crippen LogP contribution is -2.36. The second-order valence-electron chi connectivity index (χ2n) is 4.54. The number of nitrogens with one attached hydrogen (secondary N) is 1. The zero-order valence-corrected chi connectivity index (χ0v) is 13.1. The summed E-state index contributed by atoms with van der Waals surface area (Å²) in [5.74, 6) is 1.47. The fourth-order valence-corrected chi connectivity index (χ4v) is 2.13. The first kappa shape index (κ1) is 17.1. The van der Waals surface area contributed by atoms with Crippen LogP contribution in [-0.4, -0.2) is 40.3 Å². The van der Waals surface area contributed by atoms with Crippen LogP contribution < -0.4 is 25.3 Å². The summed E-state index contributed by atoms with van der Waals surface area (Å²) in [5.41, 5.74) is 6.53. The normalized spacial score (nSPS) is 11.7. The first-order valence-electron chi connectivity index (χ1n) is 6.87. The molecule has 0 aliphatic heterocycles. The molecule has 118 valence electrons. The topological polar surface area (TPSA) is 82.8 Å². The summed E-state index contributed by atoms with van der Waals surface area (Å²) in [4.78, 5) is 12.0. The van der Waals surface area contributed by atoms with Crippen molar-refractivity contribution in [2.45, 2.75) is 13.3 Å². The van der Waals surface area contributed by atoms with E-state index >= 15 is 0 Å². The number of benzene rings is 1. The smallest absolute Gasteiger partial charge is 0.224 e. The van der Waals surface area contributed by atoms with Crippen LogP contribution in [0.3, 0.4) is 0 Å². The van der Waals surface area contributed by atoms with Crippen LogP contribution in [0.5, 0.6) is 17.2 Å². The zero-order chi connectivity index (χ0) is 15.8. The van der Waals surface area contributed by atoms with Gasteiger partial charge < -0.3 is 25.3 Å². The molecule has 0 aliphatic carbocycles. The van der Waals surface area contributed by atoms with Crippen molar-refractivity contribution in [3.05, 3.63) is 17.7 Å². The molecule has 0 spiro atoms. The number of hydrogen-bond acceptors (Lipinski definition) is 5. The molecule has 0 fully saturated rings. The minimum Gasteiger partial charge on any atom is -0.496 e. The Bertz CT molecular complexity index is 452. The number of amides is 1. The van der Waals surface area contributed by atoms with E-state index in [-0.39, 0.29) is 18.4 Å². The molecule has 1 rings (SSSR count). The van der Waals surface area contributed by atoms with Gasteiger partial charge in [0.25, 0.3) is 0 Å². The molecule has 0 saturated heterocycles. The average molecular weight is 296 g/mol. The van der Waals surface area contributed by atoms with Gasteiger partial charge >= 0.3 is 0 Å². The Morgan fingerprint density at radius 3 is 2.14 bits per heavy atom. The maximum atomic E-state index is 12.0. The summed E-state index contributed by atoms with van der Waals surface area (Å²) in [5, 5.41) is 2.79. The van der Waals surface area contributed by atoms with Gasteiger partial charge in [-0.2, -0.15) is 0 Å². The van der Waals surface area contributed by atoms with Crippen LogP contribution in [0.4, 0.5) is 0 Å².